The zero-order chi connectivity index (χ0) is 16.7. The molecule has 0 bridgehead atoms. The molecule has 4 amide bonds. The van der Waals surface area contributed by atoms with E-state index in [1.54, 1.807) is 24.9 Å². The van der Waals surface area contributed by atoms with E-state index in [0.29, 0.717) is 5.69 Å². The molecule has 0 heterocycles. The Morgan fingerprint density at radius 3 is 2.50 bits per heavy atom. The first-order valence-electron chi connectivity index (χ1n) is 6.62. The van der Waals surface area contributed by atoms with Crippen molar-refractivity contribution in [1.82, 2.24) is 15.5 Å². The summed E-state index contributed by atoms with van der Waals surface area (Å²) in [5.74, 6) is -0.732. The van der Waals surface area contributed by atoms with Gasteiger partial charge >= 0.3 is 6.03 Å². The van der Waals surface area contributed by atoms with Crippen LogP contribution in [-0.4, -0.2) is 49.4 Å². The largest absolute Gasteiger partial charge is 0.341 e. The smallest absolute Gasteiger partial charge is 0.321 e. The molecular formula is C14H19BrN4O3. The average Bonchev–Trinajstić information content (AvgIpc) is 2.48. The fraction of sp³-hybridized carbons (Fsp3) is 0.357. The van der Waals surface area contributed by atoms with Gasteiger partial charge in [-0.05, 0) is 42.0 Å². The molecule has 1 aromatic carbocycles. The Morgan fingerprint density at radius 1 is 1.27 bits per heavy atom. The highest BCUT2D eigenvalue weighted by atomic mass is 79.9. The van der Waals surface area contributed by atoms with Crippen LogP contribution in [0.15, 0.2) is 28.7 Å². The minimum atomic E-state index is -0.623. The third-order valence-electron chi connectivity index (χ3n) is 3.05. The van der Waals surface area contributed by atoms with E-state index < -0.39 is 18.0 Å². The maximum atomic E-state index is 12.0. The van der Waals surface area contributed by atoms with Gasteiger partial charge in [0.2, 0.25) is 11.8 Å². The van der Waals surface area contributed by atoms with Gasteiger partial charge in [-0.1, -0.05) is 12.1 Å². The number of imide groups is 1. The zero-order valence-electron chi connectivity index (χ0n) is 12.6. The number of hydrogen-bond acceptors (Lipinski definition) is 4. The molecule has 22 heavy (non-hydrogen) atoms. The van der Waals surface area contributed by atoms with Crippen LogP contribution in [0.25, 0.3) is 0 Å². The summed E-state index contributed by atoms with van der Waals surface area (Å²) >= 11 is 3.34. The highest BCUT2D eigenvalue weighted by Gasteiger charge is 2.21. The van der Waals surface area contributed by atoms with Gasteiger partial charge in [-0.3, -0.25) is 19.8 Å². The number of urea groups is 1. The summed E-state index contributed by atoms with van der Waals surface area (Å²) in [6.45, 7) is 1.63. The molecule has 0 spiro atoms. The second-order valence-electron chi connectivity index (χ2n) is 4.69. The van der Waals surface area contributed by atoms with Crippen molar-refractivity contribution in [2.75, 3.05) is 26.0 Å². The van der Waals surface area contributed by atoms with E-state index in [1.807, 2.05) is 18.2 Å². The van der Waals surface area contributed by atoms with Crippen LogP contribution in [0.3, 0.4) is 0 Å². The molecule has 0 aromatic heterocycles. The molecule has 0 radical (unpaired) electrons. The molecule has 0 fully saturated rings. The number of hydrogen-bond donors (Lipinski definition) is 3. The van der Waals surface area contributed by atoms with E-state index in [2.05, 4.69) is 31.9 Å². The Bertz CT molecular complexity index is 565. The topological polar surface area (TPSA) is 90.5 Å². The van der Waals surface area contributed by atoms with Crippen molar-refractivity contribution in [2.24, 2.45) is 0 Å². The van der Waals surface area contributed by atoms with Crippen LogP contribution < -0.4 is 16.0 Å². The SMILES string of the molecule is CNC(=O)NC(=O)[C@H](C)N(C)CC(=O)Nc1ccccc1Br. The molecule has 0 saturated carbocycles. The molecule has 1 atom stereocenters. The van der Waals surface area contributed by atoms with Crippen LogP contribution in [0.5, 0.6) is 0 Å². The van der Waals surface area contributed by atoms with Gasteiger partial charge in [-0.2, -0.15) is 0 Å². The number of likely N-dealkylation sites (N-methyl/N-ethyl adjacent to an activating group) is 1. The van der Waals surface area contributed by atoms with Crippen LogP contribution in [0, 0.1) is 0 Å². The second kappa shape index (κ2) is 8.50. The van der Waals surface area contributed by atoms with Gasteiger partial charge in [0.1, 0.15) is 0 Å². The van der Waals surface area contributed by atoms with Gasteiger partial charge in [0, 0.05) is 11.5 Å². The first kappa shape index (κ1) is 18.1. The molecule has 1 rings (SSSR count). The van der Waals surface area contributed by atoms with Crippen LogP contribution in [0.2, 0.25) is 0 Å². The first-order valence-corrected chi connectivity index (χ1v) is 7.41. The van der Waals surface area contributed by atoms with Gasteiger partial charge < -0.3 is 10.6 Å². The highest BCUT2D eigenvalue weighted by molar-refractivity contribution is 9.10. The zero-order valence-corrected chi connectivity index (χ0v) is 14.2. The Labute approximate surface area is 137 Å². The van der Waals surface area contributed by atoms with Gasteiger partial charge in [-0.15, -0.1) is 0 Å². The minimum Gasteiger partial charge on any atom is -0.341 e. The summed E-state index contributed by atoms with van der Waals surface area (Å²) in [6, 6.07) is 6.04. The van der Waals surface area contributed by atoms with E-state index in [4.69, 9.17) is 0 Å². The predicted octanol–water partition coefficient (Wildman–Crippen LogP) is 1.16. The number of para-hydroxylation sites is 1. The summed E-state index contributed by atoms with van der Waals surface area (Å²) in [6.07, 6.45) is 0. The maximum absolute atomic E-state index is 12.0. The van der Waals surface area contributed by atoms with Crippen molar-refractivity contribution in [1.29, 1.82) is 0 Å². The van der Waals surface area contributed by atoms with Gasteiger partial charge in [-0.25, -0.2) is 4.79 Å². The van der Waals surface area contributed by atoms with E-state index in [1.165, 1.54) is 7.05 Å². The number of carbonyl (C=O) groups excluding carboxylic acids is 3. The van der Waals surface area contributed by atoms with Crippen molar-refractivity contribution in [3.8, 4) is 0 Å². The molecule has 120 valence electrons. The molecule has 0 aliphatic rings. The molecule has 0 aliphatic heterocycles. The van der Waals surface area contributed by atoms with E-state index in [9.17, 15) is 14.4 Å². The summed E-state index contributed by atoms with van der Waals surface area (Å²) in [5, 5.41) is 7.22. The quantitative estimate of drug-likeness (QED) is 0.725. The minimum absolute atomic E-state index is 0.0175. The summed E-state index contributed by atoms with van der Waals surface area (Å²) in [4.78, 5) is 36.4. The van der Waals surface area contributed by atoms with Crippen LogP contribution >= 0.6 is 15.9 Å². The summed E-state index contributed by atoms with van der Waals surface area (Å²) < 4.78 is 0.774. The summed E-state index contributed by atoms with van der Waals surface area (Å²) in [5.41, 5.74) is 0.656. The Morgan fingerprint density at radius 2 is 1.91 bits per heavy atom. The van der Waals surface area contributed by atoms with E-state index in [-0.39, 0.29) is 12.5 Å². The third kappa shape index (κ3) is 5.45. The fourth-order valence-corrected chi connectivity index (χ4v) is 1.98. The van der Waals surface area contributed by atoms with Gasteiger partial charge in [0.25, 0.3) is 0 Å². The number of nitrogens with one attached hydrogen (secondary N) is 3. The Kier molecular flexibility index (Phi) is 7.00. The van der Waals surface area contributed by atoms with Gasteiger partial charge in [0.05, 0.1) is 18.3 Å². The maximum Gasteiger partial charge on any atom is 0.321 e. The van der Waals surface area contributed by atoms with Crippen LogP contribution in [-0.2, 0) is 9.59 Å². The second-order valence-corrected chi connectivity index (χ2v) is 5.54. The molecule has 0 unspecified atom stereocenters. The number of halogens is 1. The van der Waals surface area contributed by atoms with Crippen molar-refractivity contribution < 1.29 is 14.4 Å². The monoisotopic (exact) mass is 370 g/mol. The Hall–Kier alpha value is -1.93. The molecule has 0 saturated heterocycles. The number of amides is 4. The number of rotatable bonds is 5. The number of carbonyl (C=O) groups is 3. The van der Waals surface area contributed by atoms with Crippen molar-refractivity contribution in [2.45, 2.75) is 13.0 Å². The van der Waals surface area contributed by atoms with Crippen LogP contribution in [0.4, 0.5) is 10.5 Å². The van der Waals surface area contributed by atoms with Crippen molar-refractivity contribution in [3.63, 3.8) is 0 Å². The standard InChI is InChI=1S/C14H19BrN4O3/c1-9(13(21)18-14(22)16-2)19(3)8-12(20)17-11-7-5-4-6-10(11)15/h4-7,9H,8H2,1-3H3,(H,17,20)(H2,16,18,21,22)/t9-/m0/s1. The number of anilines is 1. The lowest BCUT2D eigenvalue weighted by atomic mass is 10.2. The van der Waals surface area contributed by atoms with E-state index in [0.717, 1.165) is 4.47 Å². The first-order chi connectivity index (χ1) is 10.3. The lowest BCUT2D eigenvalue weighted by Gasteiger charge is -2.22. The fourth-order valence-electron chi connectivity index (χ4n) is 1.59. The number of nitrogens with zero attached hydrogens (tertiary/aromatic N) is 1. The number of benzene rings is 1. The molecule has 1 aromatic rings. The normalized spacial score (nSPS) is 11.7. The highest BCUT2D eigenvalue weighted by Crippen LogP contribution is 2.20. The van der Waals surface area contributed by atoms with Crippen LogP contribution in [0.1, 0.15) is 6.92 Å². The third-order valence-corrected chi connectivity index (χ3v) is 3.74. The van der Waals surface area contributed by atoms with Crippen molar-refractivity contribution >= 4 is 39.5 Å². The Balaban J connectivity index is 2.55. The molecular weight excluding hydrogens is 352 g/mol. The lowest BCUT2D eigenvalue weighted by Crippen LogP contribution is -2.49. The average molecular weight is 371 g/mol. The molecule has 3 N–H and O–H groups in total. The molecule has 0 aliphatic carbocycles. The van der Waals surface area contributed by atoms with Gasteiger partial charge in [0.15, 0.2) is 0 Å². The lowest BCUT2D eigenvalue weighted by molar-refractivity contribution is -0.125. The molecule has 8 heteroatoms. The van der Waals surface area contributed by atoms with E-state index >= 15 is 0 Å². The molecule has 7 nitrogen and oxygen atoms in total. The van der Waals surface area contributed by atoms with Crippen molar-refractivity contribution in [3.05, 3.63) is 28.7 Å². The predicted molar refractivity (Wildman–Crippen MR) is 87.5 cm³/mol. The summed E-state index contributed by atoms with van der Waals surface area (Å²) in [7, 11) is 3.05.